The minimum absolute atomic E-state index is 0.0261. The molecule has 3 amide bonds. The summed E-state index contributed by atoms with van der Waals surface area (Å²) in [6.07, 6.45) is 3.50. The molecule has 0 bridgehead atoms. The number of halogens is 1. The number of amides is 3. The van der Waals surface area contributed by atoms with Gasteiger partial charge in [0.2, 0.25) is 11.8 Å². The van der Waals surface area contributed by atoms with Crippen molar-refractivity contribution in [1.82, 2.24) is 25.0 Å². The number of ketones is 1. The zero-order chi connectivity index (χ0) is 27.5. The number of piperidine rings is 1. The lowest BCUT2D eigenvalue weighted by Crippen LogP contribution is -2.41. The van der Waals surface area contributed by atoms with Gasteiger partial charge < -0.3 is 21.3 Å². The van der Waals surface area contributed by atoms with E-state index in [1.54, 1.807) is 30.3 Å². The summed E-state index contributed by atoms with van der Waals surface area (Å²) < 4.78 is 1.43. The molecule has 11 nitrogen and oxygen atoms in total. The van der Waals surface area contributed by atoms with Crippen LogP contribution in [-0.2, 0) is 27.3 Å². The van der Waals surface area contributed by atoms with E-state index in [0.717, 1.165) is 44.3 Å². The quantitative estimate of drug-likeness (QED) is 0.325. The van der Waals surface area contributed by atoms with E-state index in [2.05, 4.69) is 20.7 Å². The van der Waals surface area contributed by atoms with E-state index in [9.17, 15) is 19.2 Å². The van der Waals surface area contributed by atoms with Gasteiger partial charge in [0.15, 0.2) is 5.69 Å². The summed E-state index contributed by atoms with van der Waals surface area (Å²) in [5.41, 5.74) is 6.97. The molecule has 12 heteroatoms. The molecule has 1 saturated carbocycles. The molecule has 1 saturated heterocycles. The van der Waals surface area contributed by atoms with Crippen LogP contribution < -0.4 is 16.4 Å². The molecule has 0 spiro atoms. The number of aromatic nitrogens is 3. The van der Waals surface area contributed by atoms with Crippen molar-refractivity contribution in [1.29, 1.82) is 0 Å². The number of carbonyl (C=O) groups excluding carboxylic acids is 4. The lowest BCUT2D eigenvalue weighted by Gasteiger charge is -2.22. The van der Waals surface area contributed by atoms with Crippen LogP contribution in [0.15, 0.2) is 36.4 Å². The van der Waals surface area contributed by atoms with Gasteiger partial charge >= 0.3 is 0 Å². The Hall–Kier alpha value is -3.83. The van der Waals surface area contributed by atoms with Crippen molar-refractivity contribution in [2.75, 3.05) is 25.0 Å². The molecular formula is C27H30ClN7O4. The third-order valence-electron chi connectivity index (χ3n) is 7.11. The van der Waals surface area contributed by atoms with Crippen LogP contribution in [0.4, 0.5) is 5.82 Å². The van der Waals surface area contributed by atoms with Crippen LogP contribution >= 0.6 is 11.6 Å². The molecule has 1 aliphatic carbocycles. The molecule has 1 aliphatic heterocycles. The fourth-order valence-electron chi connectivity index (χ4n) is 4.97. The summed E-state index contributed by atoms with van der Waals surface area (Å²) in [7, 11) is 0. The first-order chi connectivity index (χ1) is 18.8. The van der Waals surface area contributed by atoms with Gasteiger partial charge in [-0.15, -0.1) is 0 Å². The van der Waals surface area contributed by atoms with Crippen LogP contribution in [0.5, 0.6) is 0 Å². The van der Waals surface area contributed by atoms with Crippen molar-refractivity contribution >= 4 is 51.8 Å². The first-order valence-corrected chi connectivity index (χ1v) is 13.4. The molecule has 3 aromatic rings. The van der Waals surface area contributed by atoms with Crippen LogP contribution in [0.1, 0.15) is 41.7 Å². The third-order valence-corrected chi connectivity index (χ3v) is 7.32. The highest BCUT2D eigenvalue weighted by atomic mass is 35.5. The number of benzene rings is 1. The highest BCUT2D eigenvalue weighted by Crippen LogP contribution is 2.28. The van der Waals surface area contributed by atoms with E-state index in [4.69, 9.17) is 17.3 Å². The zero-order valence-corrected chi connectivity index (χ0v) is 22.1. The number of fused-ring (bicyclic) bond motifs is 1. The second-order valence-electron chi connectivity index (χ2n) is 10.0. The lowest BCUT2D eigenvalue weighted by molar-refractivity contribution is -0.135. The average molecular weight is 552 g/mol. The fourth-order valence-corrected chi connectivity index (χ4v) is 5.13. The van der Waals surface area contributed by atoms with Gasteiger partial charge in [-0.1, -0.05) is 23.7 Å². The van der Waals surface area contributed by atoms with Gasteiger partial charge in [-0.3, -0.25) is 23.9 Å². The number of nitrogens with two attached hydrogens (primary N) is 1. The molecule has 0 atom stereocenters. The minimum atomic E-state index is -0.722. The lowest BCUT2D eigenvalue weighted by atomic mass is 9.90. The third kappa shape index (κ3) is 6.43. The van der Waals surface area contributed by atoms with Gasteiger partial charge in [0.25, 0.3) is 5.91 Å². The highest BCUT2D eigenvalue weighted by Gasteiger charge is 2.34. The van der Waals surface area contributed by atoms with Gasteiger partial charge in [0.05, 0.1) is 5.52 Å². The average Bonchev–Trinajstić information content (AvgIpc) is 3.69. The molecule has 39 heavy (non-hydrogen) atoms. The zero-order valence-electron chi connectivity index (χ0n) is 21.4. The maximum absolute atomic E-state index is 13.3. The topological polar surface area (TPSA) is 152 Å². The summed E-state index contributed by atoms with van der Waals surface area (Å²) in [5.74, 6) is -0.924. The molecular weight excluding hydrogens is 522 g/mol. The molecule has 2 aliphatic rings. The maximum atomic E-state index is 13.3. The summed E-state index contributed by atoms with van der Waals surface area (Å²) >= 11 is 5.89. The Morgan fingerprint density at radius 2 is 1.87 bits per heavy atom. The predicted molar refractivity (Wildman–Crippen MR) is 145 cm³/mol. The SMILES string of the molecule is NC(=O)c1nn(CC(=O)N(CC(=O)Nc2cccc(Cl)n2)C2CC2)c2ccc(CC(=O)C3CCNCC3)cc12. The minimum Gasteiger partial charge on any atom is -0.364 e. The Kier molecular flexibility index (Phi) is 7.89. The number of anilines is 1. The van der Waals surface area contributed by atoms with Crippen molar-refractivity contribution < 1.29 is 19.2 Å². The fraction of sp³-hybridized carbons (Fsp3) is 0.407. The van der Waals surface area contributed by atoms with E-state index in [1.807, 2.05) is 6.07 Å². The van der Waals surface area contributed by atoms with Crippen LogP contribution in [0.3, 0.4) is 0 Å². The molecule has 0 radical (unpaired) electrons. The van der Waals surface area contributed by atoms with Crippen LogP contribution in [0, 0.1) is 5.92 Å². The first kappa shape index (κ1) is 26.8. The Balaban J connectivity index is 1.31. The normalized spacial score (nSPS) is 15.7. The second-order valence-corrected chi connectivity index (χ2v) is 10.4. The molecule has 5 rings (SSSR count). The van der Waals surface area contributed by atoms with Crippen LogP contribution in [0.25, 0.3) is 10.9 Å². The predicted octanol–water partition coefficient (Wildman–Crippen LogP) is 1.92. The summed E-state index contributed by atoms with van der Waals surface area (Å²) in [6.45, 7) is 1.34. The molecule has 204 valence electrons. The van der Waals surface area contributed by atoms with Crippen molar-refractivity contribution in [2.45, 2.75) is 44.7 Å². The standard InChI is InChI=1S/C27H30ClN7O4/c28-22-2-1-3-23(31-22)32-24(37)14-34(18-5-6-18)25(38)15-35-20-7-4-16(12-19(20)26(33-35)27(29)39)13-21(36)17-8-10-30-11-9-17/h1-4,7,12,17-18,30H,5-6,8-11,13-15H2,(H2,29,39)(H,31,32,37). The van der Waals surface area contributed by atoms with E-state index in [1.165, 1.54) is 9.58 Å². The Labute approximate surface area is 230 Å². The Morgan fingerprint density at radius 1 is 1.10 bits per heavy atom. The van der Waals surface area contributed by atoms with E-state index in [0.29, 0.717) is 16.7 Å². The van der Waals surface area contributed by atoms with Crippen molar-refractivity contribution in [2.24, 2.45) is 11.7 Å². The molecule has 2 aromatic heterocycles. The largest absolute Gasteiger partial charge is 0.364 e. The van der Waals surface area contributed by atoms with Crippen molar-refractivity contribution in [3.05, 3.63) is 52.8 Å². The Morgan fingerprint density at radius 3 is 2.56 bits per heavy atom. The number of carbonyl (C=O) groups is 4. The number of hydrogen-bond acceptors (Lipinski definition) is 7. The first-order valence-electron chi connectivity index (χ1n) is 13.0. The van der Waals surface area contributed by atoms with Crippen molar-refractivity contribution in [3.8, 4) is 0 Å². The van der Waals surface area contributed by atoms with E-state index in [-0.39, 0.29) is 54.0 Å². The number of rotatable bonds is 10. The number of pyridine rings is 1. The van der Waals surface area contributed by atoms with Crippen LogP contribution in [-0.4, -0.2) is 68.8 Å². The van der Waals surface area contributed by atoms with Crippen molar-refractivity contribution in [3.63, 3.8) is 0 Å². The number of nitrogens with one attached hydrogen (secondary N) is 2. The van der Waals surface area contributed by atoms with Gasteiger partial charge in [0.1, 0.15) is 29.8 Å². The number of hydrogen-bond donors (Lipinski definition) is 3. The second kappa shape index (κ2) is 11.5. The number of nitrogens with zero attached hydrogens (tertiary/aromatic N) is 4. The van der Waals surface area contributed by atoms with Gasteiger partial charge in [-0.2, -0.15) is 5.10 Å². The summed E-state index contributed by atoms with van der Waals surface area (Å²) in [4.78, 5) is 56.6. The molecule has 1 aromatic carbocycles. The highest BCUT2D eigenvalue weighted by molar-refractivity contribution is 6.29. The summed E-state index contributed by atoms with van der Waals surface area (Å²) in [5, 5.41) is 11.0. The monoisotopic (exact) mass is 551 g/mol. The van der Waals surface area contributed by atoms with Gasteiger partial charge in [-0.05, 0) is 68.6 Å². The number of primary amides is 1. The molecule has 2 fully saturated rings. The van der Waals surface area contributed by atoms with E-state index < -0.39 is 11.8 Å². The maximum Gasteiger partial charge on any atom is 0.269 e. The number of Topliss-reactive ketones (excluding diaryl/α,β-unsaturated/α-hetero) is 1. The van der Waals surface area contributed by atoms with E-state index >= 15 is 0 Å². The molecule has 3 heterocycles. The smallest absolute Gasteiger partial charge is 0.269 e. The Bertz CT molecular complexity index is 1430. The molecule has 0 unspecified atom stereocenters. The molecule has 4 N–H and O–H groups in total. The summed E-state index contributed by atoms with van der Waals surface area (Å²) in [6, 6.07) is 10.2. The van der Waals surface area contributed by atoms with Gasteiger partial charge in [0, 0.05) is 23.8 Å². The van der Waals surface area contributed by atoms with Crippen LogP contribution in [0.2, 0.25) is 5.15 Å². The van der Waals surface area contributed by atoms with Gasteiger partial charge in [-0.25, -0.2) is 4.98 Å².